The largest absolute Gasteiger partial charge is 0.311 e. The average molecular weight is 357 g/mol. The molecular weight excluding hydrogens is 328 g/mol. The number of hydrogen-bond acceptors (Lipinski definition) is 3. The topological polar surface area (TPSA) is 33.1 Å². The highest BCUT2D eigenvalue weighted by Crippen LogP contribution is 2.41. The van der Waals surface area contributed by atoms with Crippen LogP contribution in [0.25, 0.3) is 0 Å². The van der Waals surface area contributed by atoms with E-state index >= 15 is 0 Å². The molecule has 0 spiro atoms. The zero-order valence-corrected chi connectivity index (χ0v) is 15.4. The predicted molar refractivity (Wildman–Crippen MR) is 91.4 cm³/mol. The number of nitrogens with one attached hydrogen (secondary N) is 1. The highest BCUT2D eigenvalue weighted by Gasteiger charge is 2.33. The van der Waals surface area contributed by atoms with Crippen LogP contribution in [0.4, 0.5) is 0 Å². The SMILES string of the molecule is CCC1CCC(C(NC)c2c(Br)cnn2CCN(C)C)C1. The van der Waals surface area contributed by atoms with E-state index in [0.717, 1.165) is 29.4 Å². The Morgan fingerprint density at radius 3 is 2.81 bits per heavy atom. The van der Waals surface area contributed by atoms with Crippen molar-refractivity contribution < 1.29 is 0 Å². The fourth-order valence-electron chi connectivity index (χ4n) is 3.54. The van der Waals surface area contributed by atoms with Crippen molar-refractivity contribution in [2.75, 3.05) is 27.7 Å². The van der Waals surface area contributed by atoms with Gasteiger partial charge in [-0.2, -0.15) is 5.10 Å². The Morgan fingerprint density at radius 2 is 2.24 bits per heavy atom. The lowest BCUT2D eigenvalue weighted by molar-refractivity contribution is 0.330. The van der Waals surface area contributed by atoms with Crippen molar-refractivity contribution in [1.29, 1.82) is 0 Å². The van der Waals surface area contributed by atoms with Crippen LogP contribution in [0.5, 0.6) is 0 Å². The van der Waals surface area contributed by atoms with E-state index in [4.69, 9.17) is 0 Å². The van der Waals surface area contributed by atoms with E-state index in [-0.39, 0.29) is 0 Å². The number of rotatable bonds is 7. The third-order valence-corrected chi connectivity index (χ3v) is 5.44. The molecule has 0 aromatic carbocycles. The van der Waals surface area contributed by atoms with Crippen molar-refractivity contribution >= 4 is 15.9 Å². The van der Waals surface area contributed by atoms with E-state index in [0.29, 0.717) is 6.04 Å². The average Bonchev–Trinajstić information content (AvgIpc) is 3.06. The molecule has 0 saturated heterocycles. The first-order chi connectivity index (χ1) is 10.1. The van der Waals surface area contributed by atoms with E-state index in [9.17, 15) is 0 Å². The second-order valence-corrected chi connectivity index (χ2v) is 7.37. The minimum atomic E-state index is 0.403. The quantitative estimate of drug-likeness (QED) is 0.813. The third kappa shape index (κ3) is 4.08. The Kier molecular flexibility index (Phi) is 6.26. The van der Waals surface area contributed by atoms with Gasteiger partial charge >= 0.3 is 0 Å². The molecule has 1 N–H and O–H groups in total. The molecule has 1 aromatic rings. The normalized spacial score (nSPS) is 23.9. The van der Waals surface area contributed by atoms with E-state index < -0.39 is 0 Å². The van der Waals surface area contributed by atoms with Gasteiger partial charge in [0.15, 0.2) is 0 Å². The smallest absolute Gasteiger partial charge is 0.0698 e. The summed E-state index contributed by atoms with van der Waals surface area (Å²) >= 11 is 3.71. The molecule has 0 radical (unpaired) electrons. The molecule has 1 saturated carbocycles. The monoisotopic (exact) mass is 356 g/mol. The Hall–Kier alpha value is -0.390. The standard InChI is InChI=1S/C16H29BrN4/c1-5-12-6-7-13(10-12)15(18-2)16-14(17)11-19-21(16)9-8-20(3)4/h11-13,15,18H,5-10H2,1-4H3. The number of aromatic nitrogens is 2. The van der Waals surface area contributed by atoms with Gasteiger partial charge in [0.05, 0.1) is 29.0 Å². The van der Waals surface area contributed by atoms with E-state index in [1.165, 1.54) is 31.4 Å². The Bertz CT molecular complexity index is 443. The Labute approximate surface area is 137 Å². The summed E-state index contributed by atoms with van der Waals surface area (Å²) in [6, 6.07) is 0.403. The summed E-state index contributed by atoms with van der Waals surface area (Å²) in [6.07, 6.45) is 7.31. The van der Waals surface area contributed by atoms with Gasteiger partial charge in [-0.1, -0.05) is 19.8 Å². The number of halogens is 1. The van der Waals surface area contributed by atoms with E-state index in [1.807, 2.05) is 6.20 Å². The van der Waals surface area contributed by atoms with Crippen LogP contribution in [0, 0.1) is 11.8 Å². The molecule has 1 aliphatic rings. The molecule has 21 heavy (non-hydrogen) atoms. The second-order valence-electron chi connectivity index (χ2n) is 6.52. The van der Waals surface area contributed by atoms with Crippen LogP contribution >= 0.6 is 15.9 Å². The van der Waals surface area contributed by atoms with Crippen molar-refractivity contribution in [2.45, 2.75) is 45.2 Å². The molecule has 3 unspecified atom stereocenters. The van der Waals surface area contributed by atoms with Crippen LogP contribution in [0.15, 0.2) is 10.7 Å². The maximum Gasteiger partial charge on any atom is 0.0698 e. The lowest BCUT2D eigenvalue weighted by Gasteiger charge is -2.25. The molecule has 0 aliphatic heterocycles. The molecule has 5 heteroatoms. The summed E-state index contributed by atoms with van der Waals surface area (Å²) in [4.78, 5) is 2.20. The highest BCUT2D eigenvalue weighted by atomic mass is 79.9. The molecule has 1 aromatic heterocycles. The number of nitrogens with zero attached hydrogens (tertiary/aromatic N) is 3. The summed E-state index contributed by atoms with van der Waals surface area (Å²) in [5.74, 6) is 1.63. The second kappa shape index (κ2) is 7.75. The van der Waals surface area contributed by atoms with Crippen molar-refractivity contribution in [3.05, 3.63) is 16.4 Å². The maximum atomic E-state index is 4.57. The first-order valence-electron chi connectivity index (χ1n) is 8.10. The van der Waals surface area contributed by atoms with Crippen LogP contribution < -0.4 is 5.32 Å². The number of likely N-dealkylation sites (N-methyl/N-ethyl adjacent to an activating group) is 1. The van der Waals surface area contributed by atoms with Crippen LogP contribution in [0.3, 0.4) is 0 Å². The Balaban J connectivity index is 2.15. The van der Waals surface area contributed by atoms with Gasteiger partial charge in [0.1, 0.15) is 0 Å². The third-order valence-electron chi connectivity index (χ3n) is 4.83. The van der Waals surface area contributed by atoms with Crippen LogP contribution in [-0.4, -0.2) is 42.4 Å². The van der Waals surface area contributed by atoms with Gasteiger partial charge in [-0.25, -0.2) is 0 Å². The summed E-state index contributed by atoms with van der Waals surface area (Å²) in [6.45, 7) is 4.27. The fourth-order valence-corrected chi connectivity index (χ4v) is 4.08. The molecule has 0 amide bonds. The molecule has 1 heterocycles. The molecular formula is C16H29BrN4. The van der Waals surface area contributed by atoms with Gasteiger partial charge in [-0.3, -0.25) is 4.68 Å². The van der Waals surface area contributed by atoms with Gasteiger partial charge in [0, 0.05) is 6.54 Å². The summed E-state index contributed by atoms with van der Waals surface area (Å²) in [5.41, 5.74) is 1.32. The van der Waals surface area contributed by atoms with Gasteiger partial charge in [-0.05, 0) is 61.8 Å². The van der Waals surface area contributed by atoms with Gasteiger partial charge in [-0.15, -0.1) is 0 Å². The van der Waals surface area contributed by atoms with Gasteiger partial charge in [0.25, 0.3) is 0 Å². The summed E-state index contributed by atoms with van der Waals surface area (Å²) in [5, 5.41) is 8.13. The zero-order chi connectivity index (χ0) is 15.4. The minimum absolute atomic E-state index is 0.403. The molecule has 1 fully saturated rings. The van der Waals surface area contributed by atoms with E-state index in [2.05, 4.69) is 64.0 Å². The highest BCUT2D eigenvalue weighted by molar-refractivity contribution is 9.10. The molecule has 0 bridgehead atoms. The molecule has 3 atom stereocenters. The lowest BCUT2D eigenvalue weighted by Crippen LogP contribution is -2.29. The zero-order valence-electron chi connectivity index (χ0n) is 13.8. The first-order valence-corrected chi connectivity index (χ1v) is 8.89. The van der Waals surface area contributed by atoms with Crippen molar-refractivity contribution in [3.63, 3.8) is 0 Å². The fraction of sp³-hybridized carbons (Fsp3) is 0.812. The van der Waals surface area contributed by atoms with E-state index in [1.54, 1.807) is 0 Å². The van der Waals surface area contributed by atoms with Crippen LogP contribution in [-0.2, 0) is 6.54 Å². The van der Waals surface area contributed by atoms with Crippen LogP contribution in [0.1, 0.15) is 44.3 Å². The van der Waals surface area contributed by atoms with Crippen molar-refractivity contribution in [2.24, 2.45) is 11.8 Å². The summed E-state index contributed by atoms with van der Waals surface area (Å²) in [7, 11) is 6.30. The van der Waals surface area contributed by atoms with Crippen LogP contribution in [0.2, 0.25) is 0 Å². The lowest BCUT2D eigenvalue weighted by atomic mass is 9.93. The molecule has 120 valence electrons. The molecule has 1 aliphatic carbocycles. The minimum Gasteiger partial charge on any atom is -0.311 e. The maximum absolute atomic E-state index is 4.57. The molecule has 4 nitrogen and oxygen atoms in total. The van der Waals surface area contributed by atoms with Crippen molar-refractivity contribution in [1.82, 2.24) is 20.0 Å². The number of hydrogen-bond donors (Lipinski definition) is 1. The predicted octanol–water partition coefficient (Wildman–Crippen LogP) is 3.29. The Morgan fingerprint density at radius 1 is 1.48 bits per heavy atom. The van der Waals surface area contributed by atoms with Crippen molar-refractivity contribution in [3.8, 4) is 0 Å². The first kappa shape index (κ1) is 17.0. The summed E-state index contributed by atoms with van der Waals surface area (Å²) < 4.78 is 3.31. The molecule has 2 rings (SSSR count). The van der Waals surface area contributed by atoms with Gasteiger partial charge < -0.3 is 10.2 Å². The van der Waals surface area contributed by atoms with Gasteiger partial charge in [0.2, 0.25) is 0 Å².